The molecule has 1 nitrogen and oxygen atoms in total. The molecule has 2 atom stereocenters. The number of nitrogens with zero attached hydrogens (tertiary/aromatic N) is 1. The van der Waals surface area contributed by atoms with Crippen molar-refractivity contribution in [1.29, 1.82) is 0 Å². The van der Waals surface area contributed by atoms with Gasteiger partial charge in [-0.1, -0.05) is 18.1 Å². The van der Waals surface area contributed by atoms with E-state index in [2.05, 4.69) is 24.9 Å². The third-order valence-electron chi connectivity index (χ3n) is 3.17. The monoisotopic (exact) mass is 151 g/mol. The quantitative estimate of drug-likeness (QED) is 0.480. The van der Waals surface area contributed by atoms with Gasteiger partial charge in [0.25, 0.3) is 0 Å². The summed E-state index contributed by atoms with van der Waals surface area (Å²) in [7, 11) is 2.28. The van der Waals surface area contributed by atoms with Gasteiger partial charge in [-0.3, -0.25) is 4.90 Å². The number of hydrogen-bond donors (Lipinski definition) is 0. The predicted molar refractivity (Wildman–Crippen MR) is 47.6 cm³/mol. The van der Waals surface area contributed by atoms with Crippen molar-refractivity contribution in [2.75, 3.05) is 7.05 Å². The molecule has 1 fully saturated rings. The molecule has 2 heterocycles. The molecule has 2 unspecified atom stereocenters. The predicted octanol–water partition coefficient (Wildman–Crippen LogP) is 2.19. The van der Waals surface area contributed by atoms with E-state index in [1.807, 2.05) is 0 Å². The number of piperidine rings is 1. The summed E-state index contributed by atoms with van der Waals surface area (Å²) in [5, 5.41) is 0. The van der Waals surface area contributed by atoms with Gasteiger partial charge in [-0.15, -0.1) is 0 Å². The lowest BCUT2D eigenvalue weighted by atomic mass is 9.86. The van der Waals surface area contributed by atoms with Crippen molar-refractivity contribution in [1.82, 2.24) is 4.90 Å². The molecule has 2 aliphatic heterocycles. The van der Waals surface area contributed by atoms with Gasteiger partial charge in [0, 0.05) is 12.1 Å². The van der Waals surface area contributed by atoms with Gasteiger partial charge in [0.15, 0.2) is 0 Å². The molecule has 1 saturated heterocycles. The smallest absolute Gasteiger partial charge is 0.0280 e. The third-order valence-corrected chi connectivity index (χ3v) is 3.17. The van der Waals surface area contributed by atoms with Gasteiger partial charge in [0.05, 0.1) is 0 Å². The fourth-order valence-electron chi connectivity index (χ4n) is 2.46. The van der Waals surface area contributed by atoms with Gasteiger partial charge >= 0.3 is 0 Å². The minimum absolute atomic E-state index is 0.766. The molecule has 2 aliphatic rings. The van der Waals surface area contributed by atoms with Crippen molar-refractivity contribution in [3.8, 4) is 0 Å². The second-order valence-corrected chi connectivity index (χ2v) is 4.03. The molecule has 1 heteroatoms. The molecule has 0 spiro atoms. The summed E-state index contributed by atoms with van der Waals surface area (Å²) in [6.45, 7) is 2.28. The first-order chi connectivity index (χ1) is 5.27. The average molecular weight is 151 g/mol. The van der Waals surface area contributed by atoms with Crippen molar-refractivity contribution < 1.29 is 0 Å². The number of hydrogen-bond acceptors (Lipinski definition) is 1. The Kier molecular flexibility index (Phi) is 1.76. The molecule has 62 valence electrons. The number of fused-ring (bicyclic) bond motifs is 2. The summed E-state index contributed by atoms with van der Waals surface area (Å²) in [6.07, 6.45) is 7.99. The Balaban J connectivity index is 2.21. The van der Waals surface area contributed by atoms with Crippen LogP contribution < -0.4 is 0 Å². The van der Waals surface area contributed by atoms with E-state index in [0.717, 1.165) is 12.1 Å². The van der Waals surface area contributed by atoms with E-state index < -0.39 is 0 Å². The summed E-state index contributed by atoms with van der Waals surface area (Å²) < 4.78 is 0. The molecule has 0 aliphatic carbocycles. The Morgan fingerprint density at radius 2 is 2.27 bits per heavy atom. The first-order valence-electron chi connectivity index (χ1n) is 4.66. The van der Waals surface area contributed by atoms with Crippen LogP contribution >= 0.6 is 0 Å². The van der Waals surface area contributed by atoms with E-state index in [1.54, 1.807) is 5.57 Å². The Morgan fingerprint density at radius 3 is 3.00 bits per heavy atom. The van der Waals surface area contributed by atoms with Crippen molar-refractivity contribution in [2.24, 2.45) is 0 Å². The van der Waals surface area contributed by atoms with Crippen LogP contribution in [0.5, 0.6) is 0 Å². The number of likely N-dealkylation sites (N-methyl/N-ethyl adjacent to an activating group) is 1. The Bertz CT molecular complexity index is 183. The molecule has 0 N–H and O–H groups in total. The average Bonchev–Trinajstić information content (AvgIpc) is 1.92. The molecule has 0 amide bonds. The lowest BCUT2D eigenvalue weighted by Crippen LogP contribution is -2.45. The van der Waals surface area contributed by atoms with E-state index in [4.69, 9.17) is 0 Å². The van der Waals surface area contributed by atoms with Crippen molar-refractivity contribution in [3.63, 3.8) is 0 Å². The van der Waals surface area contributed by atoms with E-state index in [-0.39, 0.29) is 0 Å². The zero-order chi connectivity index (χ0) is 7.84. The summed E-state index contributed by atoms with van der Waals surface area (Å²) in [5.41, 5.74) is 1.61. The van der Waals surface area contributed by atoms with E-state index in [1.165, 1.54) is 25.7 Å². The fourth-order valence-corrected chi connectivity index (χ4v) is 2.46. The third kappa shape index (κ3) is 1.22. The van der Waals surface area contributed by atoms with Gasteiger partial charge in [-0.25, -0.2) is 0 Å². The molecular weight excluding hydrogens is 134 g/mol. The van der Waals surface area contributed by atoms with Crippen LogP contribution in [0.25, 0.3) is 0 Å². The second-order valence-electron chi connectivity index (χ2n) is 4.03. The van der Waals surface area contributed by atoms with Crippen molar-refractivity contribution >= 4 is 0 Å². The maximum atomic E-state index is 2.55. The van der Waals surface area contributed by atoms with Crippen LogP contribution in [0.3, 0.4) is 0 Å². The SMILES string of the molecule is CC1=CC2CCCC(C1)N2C. The maximum absolute atomic E-state index is 2.55. The van der Waals surface area contributed by atoms with Crippen LogP contribution in [0.4, 0.5) is 0 Å². The molecular formula is C10H17N. The van der Waals surface area contributed by atoms with E-state index in [0.29, 0.717) is 0 Å². The summed E-state index contributed by atoms with van der Waals surface area (Å²) in [6, 6.07) is 1.63. The molecule has 0 radical (unpaired) electrons. The lowest BCUT2D eigenvalue weighted by Gasteiger charge is -2.42. The van der Waals surface area contributed by atoms with E-state index >= 15 is 0 Å². The minimum Gasteiger partial charge on any atom is -0.297 e. The Morgan fingerprint density at radius 1 is 1.45 bits per heavy atom. The van der Waals surface area contributed by atoms with Gasteiger partial charge in [-0.05, 0) is 33.2 Å². The van der Waals surface area contributed by atoms with Crippen molar-refractivity contribution in [2.45, 2.75) is 44.7 Å². The zero-order valence-corrected chi connectivity index (χ0v) is 7.51. The fraction of sp³-hybridized carbons (Fsp3) is 0.800. The highest BCUT2D eigenvalue weighted by Crippen LogP contribution is 2.31. The van der Waals surface area contributed by atoms with Crippen LogP contribution in [0.15, 0.2) is 11.6 Å². The molecule has 2 rings (SSSR count). The van der Waals surface area contributed by atoms with E-state index in [9.17, 15) is 0 Å². The summed E-state index contributed by atoms with van der Waals surface area (Å²) >= 11 is 0. The van der Waals surface area contributed by atoms with Gasteiger partial charge in [-0.2, -0.15) is 0 Å². The first kappa shape index (κ1) is 7.35. The topological polar surface area (TPSA) is 3.24 Å². The van der Waals surface area contributed by atoms with Crippen LogP contribution in [-0.2, 0) is 0 Å². The molecule has 0 aromatic rings. The zero-order valence-electron chi connectivity index (χ0n) is 7.51. The normalized spacial score (nSPS) is 38.5. The maximum Gasteiger partial charge on any atom is 0.0280 e. The highest BCUT2D eigenvalue weighted by molar-refractivity contribution is 5.13. The highest BCUT2D eigenvalue weighted by Gasteiger charge is 2.29. The summed E-state index contributed by atoms with van der Waals surface area (Å²) in [4.78, 5) is 2.55. The van der Waals surface area contributed by atoms with Gasteiger partial charge in [0.1, 0.15) is 0 Å². The standard InChI is InChI=1S/C10H17N/c1-8-6-9-4-3-5-10(7-8)11(9)2/h6,9-10H,3-5,7H2,1-2H3. The highest BCUT2D eigenvalue weighted by atomic mass is 15.2. The molecule has 11 heavy (non-hydrogen) atoms. The Hall–Kier alpha value is -0.300. The molecule has 2 bridgehead atoms. The van der Waals surface area contributed by atoms with Crippen LogP contribution in [-0.4, -0.2) is 24.0 Å². The molecule has 0 aromatic heterocycles. The number of rotatable bonds is 0. The summed E-state index contributed by atoms with van der Waals surface area (Å²) in [5.74, 6) is 0. The largest absolute Gasteiger partial charge is 0.297 e. The minimum atomic E-state index is 0.766. The Labute approximate surface area is 69.1 Å². The van der Waals surface area contributed by atoms with Crippen molar-refractivity contribution in [3.05, 3.63) is 11.6 Å². The lowest BCUT2D eigenvalue weighted by molar-refractivity contribution is 0.130. The first-order valence-corrected chi connectivity index (χ1v) is 4.66. The van der Waals surface area contributed by atoms with Gasteiger partial charge < -0.3 is 0 Å². The van der Waals surface area contributed by atoms with Gasteiger partial charge in [0.2, 0.25) is 0 Å². The van der Waals surface area contributed by atoms with Crippen LogP contribution in [0.1, 0.15) is 32.6 Å². The molecule has 0 saturated carbocycles. The van der Waals surface area contributed by atoms with Crippen LogP contribution in [0, 0.1) is 0 Å². The second kappa shape index (κ2) is 2.63. The molecule has 0 aromatic carbocycles. The van der Waals surface area contributed by atoms with Crippen LogP contribution in [0.2, 0.25) is 0 Å².